The molecule has 1 saturated heterocycles. The average Bonchev–Trinajstić information content (AvgIpc) is 2.24. The molecule has 1 amide bonds. The average molecular weight is 386 g/mol. The summed E-state index contributed by atoms with van der Waals surface area (Å²) in [6, 6.07) is 7.92. The molecular formula is C16H23IN2O. The van der Waals surface area contributed by atoms with Crippen LogP contribution < -0.4 is 10.6 Å². The van der Waals surface area contributed by atoms with Gasteiger partial charge in [-0.05, 0) is 75.3 Å². The highest BCUT2D eigenvalue weighted by atomic mass is 127. The van der Waals surface area contributed by atoms with Gasteiger partial charge in [-0.25, -0.2) is 0 Å². The quantitative estimate of drug-likeness (QED) is 0.766. The molecule has 1 aliphatic heterocycles. The normalized spacial score (nSPS) is 21.4. The first-order chi connectivity index (χ1) is 9.19. The third-order valence-electron chi connectivity index (χ3n) is 3.64. The predicted octanol–water partition coefficient (Wildman–Crippen LogP) is 3.33. The number of amides is 1. The molecular weight excluding hydrogens is 363 g/mol. The van der Waals surface area contributed by atoms with Crippen LogP contribution in [0.5, 0.6) is 0 Å². The van der Waals surface area contributed by atoms with Gasteiger partial charge in [-0.1, -0.05) is 12.1 Å². The number of carbonyl (C=O) groups excluding carboxylic acids is 1. The van der Waals surface area contributed by atoms with E-state index in [4.69, 9.17) is 0 Å². The monoisotopic (exact) mass is 386 g/mol. The van der Waals surface area contributed by atoms with Gasteiger partial charge in [-0.15, -0.1) is 0 Å². The zero-order valence-electron chi connectivity index (χ0n) is 12.6. The van der Waals surface area contributed by atoms with E-state index in [-0.39, 0.29) is 23.0 Å². The molecule has 0 radical (unpaired) electrons. The van der Waals surface area contributed by atoms with E-state index in [1.165, 1.54) is 0 Å². The number of piperidine rings is 1. The summed E-state index contributed by atoms with van der Waals surface area (Å²) in [6.07, 6.45) is 1.90. The molecule has 1 aromatic rings. The molecule has 0 aliphatic carbocycles. The van der Waals surface area contributed by atoms with E-state index >= 15 is 0 Å². The molecule has 110 valence electrons. The molecule has 1 aliphatic rings. The lowest BCUT2D eigenvalue weighted by molar-refractivity contribution is 0.0872. The third kappa shape index (κ3) is 3.95. The van der Waals surface area contributed by atoms with Crippen molar-refractivity contribution < 1.29 is 4.79 Å². The summed E-state index contributed by atoms with van der Waals surface area (Å²) >= 11 is 2.21. The van der Waals surface area contributed by atoms with Gasteiger partial charge < -0.3 is 10.6 Å². The molecule has 0 atom stereocenters. The van der Waals surface area contributed by atoms with Crippen molar-refractivity contribution in [3.8, 4) is 0 Å². The molecule has 0 aromatic heterocycles. The van der Waals surface area contributed by atoms with E-state index in [0.29, 0.717) is 0 Å². The molecule has 2 rings (SSSR count). The van der Waals surface area contributed by atoms with Crippen molar-refractivity contribution >= 4 is 28.5 Å². The van der Waals surface area contributed by atoms with Crippen molar-refractivity contribution in [2.75, 3.05) is 0 Å². The Balaban J connectivity index is 2.10. The maximum absolute atomic E-state index is 12.4. The molecule has 0 spiro atoms. The van der Waals surface area contributed by atoms with Gasteiger partial charge >= 0.3 is 0 Å². The van der Waals surface area contributed by atoms with Gasteiger partial charge in [0, 0.05) is 20.7 Å². The molecule has 1 heterocycles. The lowest BCUT2D eigenvalue weighted by Crippen LogP contribution is -2.62. The van der Waals surface area contributed by atoms with Crippen LogP contribution >= 0.6 is 22.6 Å². The fraction of sp³-hybridized carbons (Fsp3) is 0.562. The topological polar surface area (TPSA) is 41.1 Å². The molecule has 1 fully saturated rings. The summed E-state index contributed by atoms with van der Waals surface area (Å²) in [5.74, 6) is 0.0356. The predicted molar refractivity (Wildman–Crippen MR) is 90.9 cm³/mol. The molecule has 4 heteroatoms. The Labute approximate surface area is 135 Å². The van der Waals surface area contributed by atoms with Crippen LogP contribution in [-0.4, -0.2) is 23.0 Å². The molecule has 2 N–H and O–H groups in total. The number of nitrogens with one attached hydrogen (secondary N) is 2. The Morgan fingerprint density at radius 1 is 1.20 bits per heavy atom. The number of hydrogen-bond acceptors (Lipinski definition) is 2. The van der Waals surface area contributed by atoms with Crippen LogP contribution in [0.4, 0.5) is 0 Å². The van der Waals surface area contributed by atoms with Crippen molar-refractivity contribution in [3.05, 3.63) is 33.4 Å². The molecule has 1 aromatic carbocycles. The highest BCUT2D eigenvalue weighted by Gasteiger charge is 2.38. The SMILES string of the molecule is CC1(C)CC(NC(=O)c2ccccc2I)CC(C)(C)N1. The van der Waals surface area contributed by atoms with Crippen molar-refractivity contribution in [1.29, 1.82) is 0 Å². The number of rotatable bonds is 2. The maximum Gasteiger partial charge on any atom is 0.252 e. The molecule has 20 heavy (non-hydrogen) atoms. The van der Waals surface area contributed by atoms with Gasteiger partial charge in [-0.2, -0.15) is 0 Å². The summed E-state index contributed by atoms with van der Waals surface area (Å²) in [5, 5.41) is 6.84. The second kappa shape index (κ2) is 5.64. The second-order valence-electron chi connectivity index (χ2n) is 6.95. The lowest BCUT2D eigenvalue weighted by Gasteiger charge is -2.46. The third-order valence-corrected chi connectivity index (χ3v) is 4.58. The molecule has 0 bridgehead atoms. The van der Waals surface area contributed by atoms with E-state index in [1.807, 2.05) is 24.3 Å². The van der Waals surface area contributed by atoms with Gasteiger partial charge in [0.15, 0.2) is 0 Å². The lowest BCUT2D eigenvalue weighted by atomic mass is 9.79. The summed E-state index contributed by atoms with van der Waals surface area (Å²) in [4.78, 5) is 12.4. The van der Waals surface area contributed by atoms with Crippen molar-refractivity contribution in [3.63, 3.8) is 0 Å². The Morgan fingerprint density at radius 2 is 1.75 bits per heavy atom. The largest absolute Gasteiger partial charge is 0.349 e. The number of carbonyl (C=O) groups is 1. The van der Waals surface area contributed by atoms with Crippen molar-refractivity contribution in [2.45, 2.75) is 57.7 Å². The zero-order valence-corrected chi connectivity index (χ0v) is 14.7. The summed E-state index contributed by atoms with van der Waals surface area (Å²) in [7, 11) is 0. The van der Waals surface area contributed by atoms with Gasteiger partial charge in [0.2, 0.25) is 0 Å². The Kier molecular flexibility index (Phi) is 4.44. The van der Waals surface area contributed by atoms with Gasteiger partial charge in [0.25, 0.3) is 5.91 Å². The first kappa shape index (κ1) is 15.8. The van der Waals surface area contributed by atoms with Gasteiger partial charge in [0.1, 0.15) is 0 Å². The van der Waals surface area contributed by atoms with Crippen molar-refractivity contribution in [2.24, 2.45) is 0 Å². The standard InChI is InChI=1S/C16H23IN2O/c1-15(2)9-11(10-16(3,4)19-15)18-14(20)12-7-5-6-8-13(12)17/h5-8,11,19H,9-10H2,1-4H3,(H,18,20). The second-order valence-corrected chi connectivity index (χ2v) is 8.11. The highest BCUT2D eigenvalue weighted by molar-refractivity contribution is 14.1. The van der Waals surface area contributed by atoms with Crippen LogP contribution in [0.15, 0.2) is 24.3 Å². The molecule has 0 saturated carbocycles. The van der Waals surface area contributed by atoms with Crippen LogP contribution in [0.1, 0.15) is 50.9 Å². The van der Waals surface area contributed by atoms with Crippen LogP contribution in [0, 0.1) is 3.57 Å². The number of benzene rings is 1. The Hall–Kier alpha value is -0.620. The van der Waals surface area contributed by atoms with Crippen LogP contribution in [-0.2, 0) is 0 Å². The summed E-state index contributed by atoms with van der Waals surface area (Å²) < 4.78 is 0.995. The fourth-order valence-electron chi connectivity index (χ4n) is 3.33. The fourth-order valence-corrected chi connectivity index (χ4v) is 3.97. The van der Waals surface area contributed by atoms with E-state index in [9.17, 15) is 4.79 Å². The molecule has 0 unspecified atom stereocenters. The van der Waals surface area contributed by atoms with E-state index in [1.54, 1.807) is 0 Å². The maximum atomic E-state index is 12.4. The molecule has 3 nitrogen and oxygen atoms in total. The van der Waals surface area contributed by atoms with E-state index in [0.717, 1.165) is 22.0 Å². The van der Waals surface area contributed by atoms with Crippen LogP contribution in [0.2, 0.25) is 0 Å². The summed E-state index contributed by atoms with van der Waals surface area (Å²) in [6.45, 7) is 8.78. The van der Waals surface area contributed by atoms with Gasteiger partial charge in [-0.3, -0.25) is 4.79 Å². The minimum absolute atomic E-state index is 0.0356. The van der Waals surface area contributed by atoms with E-state index < -0.39 is 0 Å². The van der Waals surface area contributed by atoms with Crippen LogP contribution in [0.25, 0.3) is 0 Å². The zero-order chi connectivity index (χ0) is 15.0. The minimum atomic E-state index is 0.0356. The first-order valence-corrected chi connectivity index (χ1v) is 8.11. The minimum Gasteiger partial charge on any atom is -0.349 e. The number of halogens is 1. The van der Waals surface area contributed by atoms with Gasteiger partial charge in [0.05, 0.1) is 5.56 Å². The Bertz CT molecular complexity index is 495. The van der Waals surface area contributed by atoms with Crippen molar-refractivity contribution in [1.82, 2.24) is 10.6 Å². The Morgan fingerprint density at radius 3 is 2.30 bits per heavy atom. The van der Waals surface area contributed by atoms with E-state index in [2.05, 4.69) is 60.9 Å². The number of hydrogen-bond donors (Lipinski definition) is 2. The summed E-state index contributed by atoms with van der Waals surface area (Å²) in [5.41, 5.74) is 0.856. The first-order valence-electron chi connectivity index (χ1n) is 7.03. The smallest absolute Gasteiger partial charge is 0.252 e. The van der Waals surface area contributed by atoms with Crippen LogP contribution in [0.3, 0.4) is 0 Å². The highest BCUT2D eigenvalue weighted by Crippen LogP contribution is 2.28.